The maximum Gasteiger partial charge on any atom is 0.236 e. The van der Waals surface area contributed by atoms with Crippen LogP contribution in [-0.4, -0.2) is 49.6 Å². The highest BCUT2D eigenvalue weighted by Crippen LogP contribution is 2.25. The number of hydrogen-bond donors (Lipinski definition) is 1. The number of hydrogen-bond acceptors (Lipinski definition) is 8. The van der Waals surface area contributed by atoms with Gasteiger partial charge in [-0.05, 0) is 23.3 Å². The molecule has 1 fully saturated rings. The minimum Gasteiger partial charge on any atom is -0.376 e. The van der Waals surface area contributed by atoms with E-state index in [2.05, 4.69) is 25.8 Å². The molecule has 1 saturated heterocycles. The summed E-state index contributed by atoms with van der Waals surface area (Å²) in [5.74, 6) is 0.0761. The molecule has 27 heavy (non-hydrogen) atoms. The number of benzene rings is 1. The molecule has 1 aliphatic rings. The number of nitrogens with one attached hydrogen (secondary N) is 1. The number of ether oxygens (including phenoxy) is 1. The molecular weight excluding hydrogens is 384 g/mol. The summed E-state index contributed by atoms with van der Waals surface area (Å²) in [5, 5.41) is 17.7. The van der Waals surface area contributed by atoms with Crippen molar-refractivity contribution in [3.8, 4) is 11.3 Å². The predicted octanol–water partition coefficient (Wildman–Crippen LogP) is 2.71. The van der Waals surface area contributed by atoms with E-state index >= 15 is 0 Å². The van der Waals surface area contributed by atoms with Crippen LogP contribution in [0.4, 0.5) is 5.13 Å². The number of anilines is 1. The number of amides is 1. The standard InChI is InChI=1S/C17H18N6O2S2/c24-15(19-16-18-14(10-26-16)12-5-2-1-3-6-12)11-27-17-20-21-22-23(17)9-13-7-4-8-25-13/h1-3,5-6,10,13H,4,7-9,11H2,(H,18,19,24)/t13-/m1/s1. The second-order valence-electron chi connectivity index (χ2n) is 6.02. The summed E-state index contributed by atoms with van der Waals surface area (Å²) in [7, 11) is 0. The molecule has 0 aliphatic carbocycles. The first kappa shape index (κ1) is 18.1. The van der Waals surface area contributed by atoms with Crippen LogP contribution in [0.15, 0.2) is 40.9 Å². The Labute approximate surface area is 164 Å². The molecule has 10 heteroatoms. The van der Waals surface area contributed by atoms with E-state index in [1.807, 2.05) is 35.7 Å². The van der Waals surface area contributed by atoms with Gasteiger partial charge in [-0.3, -0.25) is 4.79 Å². The lowest BCUT2D eigenvalue weighted by Gasteiger charge is -2.09. The lowest BCUT2D eigenvalue weighted by molar-refractivity contribution is -0.113. The van der Waals surface area contributed by atoms with Gasteiger partial charge in [-0.1, -0.05) is 42.1 Å². The van der Waals surface area contributed by atoms with Gasteiger partial charge in [0.15, 0.2) is 5.13 Å². The van der Waals surface area contributed by atoms with Crippen molar-refractivity contribution in [3.05, 3.63) is 35.7 Å². The van der Waals surface area contributed by atoms with Crippen LogP contribution < -0.4 is 5.32 Å². The first-order valence-electron chi connectivity index (χ1n) is 8.59. The molecule has 1 atom stereocenters. The highest BCUT2D eigenvalue weighted by Gasteiger charge is 2.19. The monoisotopic (exact) mass is 402 g/mol. The summed E-state index contributed by atoms with van der Waals surface area (Å²) in [6.45, 7) is 1.40. The van der Waals surface area contributed by atoms with Crippen molar-refractivity contribution < 1.29 is 9.53 Å². The third kappa shape index (κ3) is 4.71. The van der Waals surface area contributed by atoms with Gasteiger partial charge in [0, 0.05) is 17.6 Å². The molecule has 8 nitrogen and oxygen atoms in total. The molecule has 4 rings (SSSR count). The number of thioether (sulfide) groups is 1. The molecule has 3 aromatic rings. The molecule has 2 aromatic heterocycles. The molecule has 0 saturated carbocycles. The summed E-state index contributed by atoms with van der Waals surface area (Å²) in [6.07, 6.45) is 2.22. The molecule has 0 bridgehead atoms. The van der Waals surface area contributed by atoms with Crippen molar-refractivity contribution in [1.82, 2.24) is 25.2 Å². The van der Waals surface area contributed by atoms with E-state index < -0.39 is 0 Å². The molecule has 1 aromatic carbocycles. The van der Waals surface area contributed by atoms with Crippen molar-refractivity contribution in [2.45, 2.75) is 30.6 Å². The molecule has 0 unspecified atom stereocenters. The van der Waals surface area contributed by atoms with Crippen LogP contribution in [0, 0.1) is 0 Å². The van der Waals surface area contributed by atoms with Crippen LogP contribution in [0.1, 0.15) is 12.8 Å². The van der Waals surface area contributed by atoms with Crippen LogP contribution in [0.3, 0.4) is 0 Å². The van der Waals surface area contributed by atoms with Gasteiger partial charge in [-0.25, -0.2) is 9.67 Å². The van der Waals surface area contributed by atoms with Crippen LogP contribution in [0.25, 0.3) is 11.3 Å². The third-order valence-corrected chi connectivity index (χ3v) is 5.77. The molecule has 0 radical (unpaired) electrons. The lowest BCUT2D eigenvalue weighted by Crippen LogP contribution is -2.18. The van der Waals surface area contributed by atoms with Gasteiger partial charge in [-0.2, -0.15) is 0 Å². The number of rotatable bonds is 7. The summed E-state index contributed by atoms with van der Waals surface area (Å²) < 4.78 is 7.31. The number of carbonyl (C=O) groups excluding carboxylic acids is 1. The Kier molecular flexibility index (Phi) is 5.75. The summed E-state index contributed by atoms with van der Waals surface area (Å²) in [5.41, 5.74) is 1.88. The van der Waals surface area contributed by atoms with Gasteiger partial charge in [0.25, 0.3) is 0 Å². The van der Waals surface area contributed by atoms with E-state index in [-0.39, 0.29) is 17.8 Å². The fourth-order valence-electron chi connectivity index (χ4n) is 2.75. The molecule has 1 aliphatic heterocycles. The van der Waals surface area contributed by atoms with Crippen LogP contribution >= 0.6 is 23.1 Å². The Hall–Kier alpha value is -2.30. The summed E-state index contributed by atoms with van der Waals surface area (Å²) in [4.78, 5) is 16.7. The van der Waals surface area contributed by atoms with Gasteiger partial charge in [-0.15, -0.1) is 16.4 Å². The van der Waals surface area contributed by atoms with E-state index in [1.54, 1.807) is 4.68 Å². The minimum atomic E-state index is -0.138. The third-order valence-electron chi connectivity index (χ3n) is 4.05. The van der Waals surface area contributed by atoms with E-state index in [0.29, 0.717) is 16.8 Å². The largest absolute Gasteiger partial charge is 0.376 e. The van der Waals surface area contributed by atoms with E-state index in [1.165, 1.54) is 23.1 Å². The average Bonchev–Trinajstić information content (AvgIpc) is 3.44. The van der Waals surface area contributed by atoms with E-state index in [0.717, 1.165) is 30.7 Å². The number of carbonyl (C=O) groups is 1. The van der Waals surface area contributed by atoms with Crippen molar-refractivity contribution in [2.75, 3.05) is 17.7 Å². The summed E-state index contributed by atoms with van der Waals surface area (Å²) in [6, 6.07) is 9.87. The number of tetrazole rings is 1. The van der Waals surface area contributed by atoms with Gasteiger partial charge >= 0.3 is 0 Å². The molecular formula is C17H18N6O2S2. The minimum absolute atomic E-state index is 0.138. The highest BCUT2D eigenvalue weighted by molar-refractivity contribution is 7.99. The smallest absolute Gasteiger partial charge is 0.236 e. The second kappa shape index (κ2) is 8.59. The lowest BCUT2D eigenvalue weighted by atomic mass is 10.2. The molecule has 3 heterocycles. The number of aromatic nitrogens is 5. The topological polar surface area (TPSA) is 94.8 Å². The van der Waals surface area contributed by atoms with Crippen LogP contribution in [0.2, 0.25) is 0 Å². The van der Waals surface area contributed by atoms with Gasteiger partial charge in [0.2, 0.25) is 11.1 Å². The first-order valence-corrected chi connectivity index (χ1v) is 10.5. The molecule has 140 valence electrons. The Morgan fingerprint density at radius 3 is 3.07 bits per heavy atom. The Morgan fingerprint density at radius 2 is 2.26 bits per heavy atom. The average molecular weight is 403 g/mol. The Balaban J connectivity index is 1.30. The summed E-state index contributed by atoms with van der Waals surface area (Å²) >= 11 is 2.71. The zero-order valence-corrected chi connectivity index (χ0v) is 16.1. The maximum atomic E-state index is 12.2. The van der Waals surface area contributed by atoms with Crippen molar-refractivity contribution in [3.63, 3.8) is 0 Å². The Morgan fingerprint density at radius 1 is 1.37 bits per heavy atom. The van der Waals surface area contributed by atoms with Crippen LogP contribution in [-0.2, 0) is 16.1 Å². The predicted molar refractivity (Wildman–Crippen MR) is 104 cm³/mol. The quantitative estimate of drug-likeness (QED) is 0.607. The molecule has 0 spiro atoms. The molecule has 1 N–H and O–H groups in total. The van der Waals surface area contributed by atoms with E-state index in [4.69, 9.17) is 4.74 Å². The fourth-order valence-corrected chi connectivity index (χ4v) is 4.18. The SMILES string of the molecule is O=C(CSc1nnnn1C[C@H]1CCCO1)Nc1nc(-c2ccccc2)cs1. The van der Waals surface area contributed by atoms with Crippen molar-refractivity contribution in [2.24, 2.45) is 0 Å². The van der Waals surface area contributed by atoms with Crippen molar-refractivity contribution in [1.29, 1.82) is 0 Å². The zero-order chi connectivity index (χ0) is 18.5. The van der Waals surface area contributed by atoms with Gasteiger partial charge in [0.1, 0.15) is 0 Å². The zero-order valence-electron chi connectivity index (χ0n) is 14.4. The number of nitrogens with zero attached hydrogens (tertiary/aromatic N) is 5. The highest BCUT2D eigenvalue weighted by atomic mass is 32.2. The van der Waals surface area contributed by atoms with Gasteiger partial charge < -0.3 is 10.1 Å². The Bertz CT molecular complexity index is 892. The van der Waals surface area contributed by atoms with E-state index in [9.17, 15) is 4.79 Å². The number of thiazole rings is 1. The normalized spacial score (nSPS) is 16.5. The van der Waals surface area contributed by atoms with Crippen molar-refractivity contribution >= 4 is 34.1 Å². The second-order valence-corrected chi connectivity index (χ2v) is 7.82. The van der Waals surface area contributed by atoms with Crippen LogP contribution in [0.5, 0.6) is 0 Å². The fraction of sp³-hybridized carbons (Fsp3) is 0.353. The van der Waals surface area contributed by atoms with Gasteiger partial charge in [0.05, 0.1) is 24.1 Å². The first-order chi connectivity index (χ1) is 13.3. The maximum absolute atomic E-state index is 12.2. The molecule has 1 amide bonds.